The number of ketones is 1. The van der Waals surface area contributed by atoms with Gasteiger partial charge in [-0.25, -0.2) is 9.97 Å². The lowest BCUT2D eigenvalue weighted by molar-refractivity contribution is 0.102. The van der Waals surface area contributed by atoms with E-state index in [2.05, 4.69) is 94.6 Å². The second kappa shape index (κ2) is 11.0. The zero-order chi connectivity index (χ0) is 29.2. The summed E-state index contributed by atoms with van der Waals surface area (Å²) in [4.78, 5) is 22.8. The van der Waals surface area contributed by atoms with Crippen molar-refractivity contribution in [3.8, 4) is 11.3 Å². The monoisotopic (exact) mass is 558 g/mol. The summed E-state index contributed by atoms with van der Waals surface area (Å²) >= 11 is 0. The predicted octanol–water partition coefficient (Wildman–Crippen LogP) is 7.58. The summed E-state index contributed by atoms with van der Waals surface area (Å²) in [5.41, 5.74) is 13.5. The number of benzene rings is 4. The molecule has 0 saturated carbocycles. The lowest BCUT2D eigenvalue weighted by Gasteiger charge is -2.37. The van der Waals surface area contributed by atoms with Gasteiger partial charge in [0, 0.05) is 22.9 Å². The number of Topliss-reactive ketones (excluding diaryl/α,β-unsaturated/α-hetero) is 1. The lowest BCUT2D eigenvalue weighted by atomic mass is 9.77. The minimum absolute atomic E-state index is 0.00494. The molecule has 7 rings (SSSR count). The van der Waals surface area contributed by atoms with E-state index >= 15 is 0 Å². The van der Waals surface area contributed by atoms with E-state index in [4.69, 9.17) is 10.7 Å². The SMILES string of the molecule is Nc1ccc2c(n1)CCC(=Cc1ccccc1-c1cn(C(c3ccccc3)(c3ccccc3)c3ccccc3)cn1)C2=O. The zero-order valence-electron chi connectivity index (χ0n) is 23.6. The minimum Gasteiger partial charge on any atom is -0.384 e. The molecule has 0 atom stereocenters. The summed E-state index contributed by atoms with van der Waals surface area (Å²) in [7, 11) is 0. The van der Waals surface area contributed by atoms with Crippen LogP contribution in [0, 0.1) is 0 Å². The average molecular weight is 559 g/mol. The Kier molecular flexibility index (Phi) is 6.76. The Hall–Kier alpha value is -5.55. The van der Waals surface area contributed by atoms with Crippen molar-refractivity contribution in [2.75, 3.05) is 5.73 Å². The van der Waals surface area contributed by atoms with Crippen LogP contribution in [0.25, 0.3) is 17.3 Å². The fraction of sp³-hybridized carbons (Fsp3) is 0.0789. The number of nitrogens with two attached hydrogens (primary N) is 1. The van der Waals surface area contributed by atoms with E-state index in [1.165, 1.54) is 0 Å². The van der Waals surface area contributed by atoms with Crippen LogP contribution in [-0.2, 0) is 12.0 Å². The topological polar surface area (TPSA) is 73.8 Å². The van der Waals surface area contributed by atoms with Crippen molar-refractivity contribution in [1.29, 1.82) is 0 Å². The smallest absolute Gasteiger partial charge is 0.190 e. The standard InChI is InChI=1S/C38H30N4O/c39-36-23-21-33-34(41-36)22-20-28(37(33)43)24-27-12-10-11-19-32(27)35-25-42(26-40-35)38(29-13-4-1-5-14-29,30-15-6-2-7-16-30)31-17-8-3-9-18-31/h1-19,21,23-26H,20,22H2,(H2,39,41). The van der Waals surface area contributed by atoms with Crippen LogP contribution in [0.5, 0.6) is 0 Å². The molecule has 1 aliphatic carbocycles. The molecule has 0 saturated heterocycles. The maximum atomic E-state index is 13.4. The Bertz CT molecular complexity index is 1850. The maximum Gasteiger partial charge on any atom is 0.190 e. The van der Waals surface area contributed by atoms with Crippen molar-refractivity contribution >= 4 is 17.7 Å². The molecule has 0 radical (unpaired) electrons. The van der Waals surface area contributed by atoms with E-state index in [0.717, 1.165) is 44.8 Å². The molecule has 2 aromatic heterocycles. The van der Waals surface area contributed by atoms with Crippen LogP contribution < -0.4 is 5.73 Å². The molecule has 43 heavy (non-hydrogen) atoms. The van der Waals surface area contributed by atoms with Gasteiger partial charge in [0.1, 0.15) is 11.4 Å². The van der Waals surface area contributed by atoms with E-state index < -0.39 is 5.54 Å². The van der Waals surface area contributed by atoms with Crippen LogP contribution in [0.3, 0.4) is 0 Å². The van der Waals surface area contributed by atoms with Crippen LogP contribution in [0.15, 0.2) is 145 Å². The first-order chi connectivity index (χ1) is 21.1. The molecule has 0 bridgehead atoms. The van der Waals surface area contributed by atoms with Gasteiger partial charge in [0.15, 0.2) is 5.78 Å². The van der Waals surface area contributed by atoms with E-state index in [1.54, 1.807) is 12.1 Å². The summed E-state index contributed by atoms with van der Waals surface area (Å²) in [6, 6.07) is 43.3. The number of pyridine rings is 1. The highest BCUT2D eigenvalue weighted by Gasteiger charge is 2.38. The molecule has 2 N–H and O–H groups in total. The van der Waals surface area contributed by atoms with Crippen molar-refractivity contribution in [3.63, 3.8) is 0 Å². The average Bonchev–Trinajstić information content (AvgIpc) is 3.55. The number of fused-ring (bicyclic) bond motifs is 1. The number of hydrogen-bond acceptors (Lipinski definition) is 4. The fourth-order valence-corrected chi connectivity index (χ4v) is 6.27. The Labute approximate surface area is 251 Å². The highest BCUT2D eigenvalue weighted by Crippen LogP contribution is 2.41. The third-order valence-electron chi connectivity index (χ3n) is 8.27. The summed E-state index contributed by atoms with van der Waals surface area (Å²) in [5, 5.41) is 0. The minimum atomic E-state index is -0.652. The number of nitrogens with zero attached hydrogens (tertiary/aromatic N) is 3. The number of aromatic nitrogens is 3. The normalized spacial score (nSPS) is 14.0. The van der Waals surface area contributed by atoms with Gasteiger partial charge < -0.3 is 10.3 Å². The Morgan fingerprint density at radius 3 is 1.88 bits per heavy atom. The van der Waals surface area contributed by atoms with Crippen molar-refractivity contribution in [1.82, 2.24) is 14.5 Å². The molecular formula is C38H30N4O. The second-order valence-electron chi connectivity index (χ2n) is 10.8. The predicted molar refractivity (Wildman–Crippen MR) is 172 cm³/mol. The molecule has 4 aromatic carbocycles. The molecule has 208 valence electrons. The molecule has 1 aliphatic rings. The molecule has 0 amide bonds. The van der Waals surface area contributed by atoms with Crippen LogP contribution in [0.1, 0.15) is 44.7 Å². The first-order valence-corrected chi connectivity index (χ1v) is 14.5. The number of aryl methyl sites for hydroxylation is 1. The summed E-state index contributed by atoms with van der Waals surface area (Å²) < 4.78 is 2.21. The molecular weight excluding hydrogens is 528 g/mol. The van der Waals surface area contributed by atoms with Gasteiger partial charge in [-0.2, -0.15) is 0 Å². The molecule has 0 aliphatic heterocycles. The van der Waals surface area contributed by atoms with Crippen LogP contribution in [0.4, 0.5) is 5.82 Å². The van der Waals surface area contributed by atoms with E-state index in [9.17, 15) is 4.79 Å². The lowest BCUT2D eigenvalue weighted by Crippen LogP contribution is -2.36. The third-order valence-corrected chi connectivity index (χ3v) is 8.27. The number of rotatable bonds is 6. The van der Waals surface area contributed by atoms with Crippen LogP contribution in [0.2, 0.25) is 0 Å². The van der Waals surface area contributed by atoms with Crippen molar-refractivity contribution in [2.24, 2.45) is 0 Å². The summed E-state index contributed by atoms with van der Waals surface area (Å²) in [6.45, 7) is 0. The molecule has 0 fully saturated rings. The van der Waals surface area contributed by atoms with Gasteiger partial charge in [-0.05, 0) is 53.3 Å². The number of hydrogen-bond donors (Lipinski definition) is 1. The fourth-order valence-electron chi connectivity index (χ4n) is 6.27. The summed E-state index contributed by atoms with van der Waals surface area (Å²) in [6.07, 6.45) is 7.35. The quantitative estimate of drug-likeness (QED) is 0.169. The van der Waals surface area contributed by atoms with Gasteiger partial charge in [0.05, 0.1) is 17.7 Å². The van der Waals surface area contributed by atoms with Crippen LogP contribution in [-0.4, -0.2) is 20.3 Å². The zero-order valence-corrected chi connectivity index (χ0v) is 23.6. The van der Waals surface area contributed by atoms with Crippen molar-refractivity contribution in [2.45, 2.75) is 18.4 Å². The van der Waals surface area contributed by atoms with Gasteiger partial charge in [-0.3, -0.25) is 4.79 Å². The maximum absolute atomic E-state index is 13.4. The highest BCUT2D eigenvalue weighted by molar-refractivity contribution is 6.13. The number of allylic oxidation sites excluding steroid dienone is 1. The number of carbonyl (C=O) groups is 1. The van der Waals surface area contributed by atoms with E-state index in [1.807, 2.05) is 48.8 Å². The van der Waals surface area contributed by atoms with Gasteiger partial charge in [0.25, 0.3) is 0 Å². The van der Waals surface area contributed by atoms with E-state index in [-0.39, 0.29) is 5.78 Å². The Morgan fingerprint density at radius 2 is 1.26 bits per heavy atom. The molecule has 0 spiro atoms. The molecule has 0 unspecified atom stereocenters. The largest absolute Gasteiger partial charge is 0.384 e. The van der Waals surface area contributed by atoms with Gasteiger partial charge >= 0.3 is 0 Å². The van der Waals surface area contributed by atoms with Crippen molar-refractivity contribution < 1.29 is 4.79 Å². The molecule has 6 aromatic rings. The summed E-state index contributed by atoms with van der Waals surface area (Å²) in [5.74, 6) is 0.447. The first-order valence-electron chi connectivity index (χ1n) is 14.5. The first kappa shape index (κ1) is 26.4. The second-order valence-corrected chi connectivity index (χ2v) is 10.8. The van der Waals surface area contributed by atoms with Gasteiger partial charge in [-0.1, -0.05) is 115 Å². The third kappa shape index (κ3) is 4.65. The number of nitrogen functional groups attached to an aromatic ring is 1. The number of carbonyl (C=O) groups excluding carboxylic acids is 1. The molecule has 5 nitrogen and oxygen atoms in total. The number of imidazole rings is 1. The van der Waals surface area contributed by atoms with Crippen molar-refractivity contribution in [3.05, 3.63) is 179 Å². The molecule has 2 heterocycles. The molecule has 5 heteroatoms. The van der Waals surface area contributed by atoms with Gasteiger partial charge in [-0.15, -0.1) is 0 Å². The van der Waals surface area contributed by atoms with Crippen LogP contribution >= 0.6 is 0 Å². The van der Waals surface area contributed by atoms with E-state index in [0.29, 0.717) is 24.2 Å². The Balaban J connectivity index is 1.37. The number of anilines is 1. The Morgan fingerprint density at radius 1 is 0.674 bits per heavy atom. The van der Waals surface area contributed by atoms with Gasteiger partial charge in [0.2, 0.25) is 0 Å². The highest BCUT2D eigenvalue weighted by atomic mass is 16.1.